The first-order chi connectivity index (χ1) is 9.24. The summed E-state index contributed by atoms with van der Waals surface area (Å²) in [6, 6.07) is 8.19. The summed E-state index contributed by atoms with van der Waals surface area (Å²) in [4.78, 5) is 25.1. The molecule has 3 amide bonds. The molecule has 3 N–H and O–H groups in total. The maximum Gasteiger partial charge on any atom is 0.325 e. The van der Waals surface area contributed by atoms with Crippen LogP contribution in [0.4, 0.5) is 4.79 Å². The number of ether oxygens (including phenoxy) is 1. The number of nitrogens with one attached hydrogen (secondary N) is 1. The number of amides is 3. The molecule has 1 heterocycles. The summed E-state index contributed by atoms with van der Waals surface area (Å²) in [5.41, 5.74) is 6.07. The second-order valence-electron chi connectivity index (χ2n) is 4.18. The highest BCUT2D eigenvalue weighted by atomic mass is 16.5. The standard InChI is InChI=1S/C13H17N3O3/c14-6-8-19-9-7-16-12(17)11(15-13(16)18)10-4-2-1-3-5-10/h1-5,11H,6-9,14H2,(H,15,18). The largest absolute Gasteiger partial charge is 0.378 e. The average molecular weight is 263 g/mol. The summed E-state index contributed by atoms with van der Waals surface area (Å²) in [5.74, 6) is -0.243. The van der Waals surface area contributed by atoms with Crippen LogP contribution in [0, 0.1) is 0 Å². The molecule has 0 bridgehead atoms. The number of urea groups is 1. The minimum absolute atomic E-state index is 0.243. The number of nitrogens with zero attached hydrogens (tertiary/aromatic N) is 1. The van der Waals surface area contributed by atoms with Gasteiger partial charge in [0.1, 0.15) is 6.04 Å². The molecule has 1 aliphatic heterocycles. The van der Waals surface area contributed by atoms with Crippen molar-refractivity contribution in [3.05, 3.63) is 35.9 Å². The van der Waals surface area contributed by atoms with E-state index >= 15 is 0 Å². The average Bonchev–Trinajstić information content (AvgIpc) is 2.72. The molecule has 6 heteroatoms. The Morgan fingerprint density at radius 3 is 2.63 bits per heavy atom. The zero-order valence-electron chi connectivity index (χ0n) is 10.5. The fourth-order valence-corrected chi connectivity index (χ4v) is 1.94. The third kappa shape index (κ3) is 3.10. The van der Waals surface area contributed by atoms with Gasteiger partial charge in [-0.05, 0) is 5.56 Å². The Kier molecular flexibility index (Phi) is 4.48. The van der Waals surface area contributed by atoms with Crippen molar-refractivity contribution < 1.29 is 14.3 Å². The Labute approximate surface area is 111 Å². The highest BCUT2D eigenvalue weighted by Crippen LogP contribution is 2.21. The van der Waals surface area contributed by atoms with Crippen LogP contribution in [0.15, 0.2) is 30.3 Å². The Bertz CT molecular complexity index is 450. The van der Waals surface area contributed by atoms with Gasteiger partial charge in [-0.3, -0.25) is 9.69 Å². The van der Waals surface area contributed by atoms with Gasteiger partial charge < -0.3 is 15.8 Å². The van der Waals surface area contributed by atoms with Crippen LogP contribution in [-0.4, -0.2) is 43.1 Å². The van der Waals surface area contributed by atoms with Gasteiger partial charge in [-0.1, -0.05) is 30.3 Å². The summed E-state index contributed by atoms with van der Waals surface area (Å²) < 4.78 is 5.18. The molecule has 102 valence electrons. The molecule has 0 aromatic heterocycles. The van der Waals surface area contributed by atoms with Crippen molar-refractivity contribution in [1.29, 1.82) is 0 Å². The number of imide groups is 1. The Morgan fingerprint density at radius 2 is 1.95 bits per heavy atom. The zero-order valence-corrected chi connectivity index (χ0v) is 10.5. The van der Waals surface area contributed by atoms with Crippen molar-refractivity contribution in [2.45, 2.75) is 6.04 Å². The molecule has 0 spiro atoms. The molecule has 0 radical (unpaired) electrons. The summed E-state index contributed by atoms with van der Waals surface area (Å²) in [5, 5.41) is 2.67. The van der Waals surface area contributed by atoms with Crippen molar-refractivity contribution in [2.75, 3.05) is 26.3 Å². The van der Waals surface area contributed by atoms with Crippen LogP contribution < -0.4 is 11.1 Å². The van der Waals surface area contributed by atoms with Gasteiger partial charge in [0.05, 0.1) is 19.8 Å². The number of carbonyl (C=O) groups is 2. The number of benzene rings is 1. The van der Waals surface area contributed by atoms with E-state index in [9.17, 15) is 9.59 Å². The van der Waals surface area contributed by atoms with Crippen LogP contribution in [0.3, 0.4) is 0 Å². The first-order valence-corrected chi connectivity index (χ1v) is 6.18. The zero-order chi connectivity index (χ0) is 13.7. The molecule has 1 aromatic carbocycles. The van der Waals surface area contributed by atoms with Crippen molar-refractivity contribution >= 4 is 11.9 Å². The lowest BCUT2D eigenvalue weighted by Crippen LogP contribution is -2.34. The molecular weight excluding hydrogens is 246 g/mol. The third-order valence-electron chi connectivity index (χ3n) is 2.88. The summed E-state index contributed by atoms with van der Waals surface area (Å²) >= 11 is 0. The number of carbonyl (C=O) groups excluding carboxylic acids is 2. The number of nitrogens with two attached hydrogens (primary N) is 1. The molecule has 1 unspecified atom stereocenters. The molecule has 6 nitrogen and oxygen atoms in total. The van der Waals surface area contributed by atoms with E-state index in [2.05, 4.69) is 5.32 Å². The lowest BCUT2D eigenvalue weighted by molar-refractivity contribution is -0.128. The lowest BCUT2D eigenvalue weighted by Gasteiger charge is -2.13. The molecule has 1 saturated heterocycles. The van der Waals surface area contributed by atoms with Gasteiger partial charge in [0.25, 0.3) is 5.91 Å². The van der Waals surface area contributed by atoms with Gasteiger partial charge in [0.2, 0.25) is 0 Å². The van der Waals surface area contributed by atoms with E-state index in [1.54, 1.807) is 0 Å². The predicted molar refractivity (Wildman–Crippen MR) is 69.3 cm³/mol. The van der Waals surface area contributed by atoms with Crippen LogP contribution in [0.1, 0.15) is 11.6 Å². The molecule has 1 aliphatic rings. The first-order valence-electron chi connectivity index (χ1n) is 6.18. The maximum absolute atomic E-state index is 12.1. The molecule has 0 saturated carbocycles. The molecule has 0 aliphatic carbocycles. The molecule has 2 rings (SSSR count). The van der Waals surface area contributed by atoms with Gasteiger partial charge in [-0.15, -0.1) is 0 Å². The summed E-state index contributed by atoms with van der Waals surface area (Å²) in [6.45, 7) is 1.39. The minimum Gasteiger partial charge on any atom is -0.378 e. The van der Waals surface area contributed by atoms with Crippen LogP contribution in [0.5, 0.6) is 0 Å². The van der Waals surface area contributed by atoms with Crippen molar-refractivity contribution in [3.63, 3.8) is 0 Å². The van der Waals surface area contributed by atoms with Crippen LogP contribution in [-0.2, 0) is 9.53 Å². The van der Waals surface area contributed by atoms with Crippen LogP contribution in [0.2, 0.25) is 0 Å². The van der Waals surface area contributed by atoms with Crippen molar-refractivity contribution in [3.8, 4) is 0 Å². The lowest BCUT2D eigenvalue weighted by atomic mass is 10.1. The van der Waals surface area contributed by atoms with Gasteiger partial charge >= 0.3 is 6.03 Å². The molecule has 1 fully saturated rings. The SMILES string of the molecule is NCCOCCN1C(=O)NC(c2ccccc2)C1=O. The second-order valence-corrected chi connectivity index (χ2v) is 4.18. The van der Waals surface area contributed by atoms with E-state index in [1.165, 1.54) is 4.90 Å². The number of hydrogen-bond acceptors (Lipinski definition) is 4. The van der Waals surface area contributed by atoms with Gasteiger partial charge in [-0.2, -0.15) is 0 Å². The molecule has 1 aromatic rings. The quantitative estimate of drug-likeness (QED) is 0.569. The van der Waals surface area contributed by atoms with E-state index in [0.717, 1.165) is 5.56 Å². The van der Waals surface area contributed by atoms with Gasteiger partial charge in [0, 0.05) is 6.54 Å². The molecular formula is C13H17N3O3. The topological polar surface area (TPSA) is 84.7 Å². The second kappa shape index (κ2) is 6.31. The number of rotatable bonds is 6. The third-order valence-corrected chi connectivity index (χ3v) is 2.88. The maximum atomic E-state index is 12.1. The van der Waals surface area contributed by atoms with E-state index in [-0.39, 0.29) is 18.5 Å². The highest BCUT2D eigenvalue weighted by molar-refractivity contribution is 6.04. The van der Waals surface area contributed by atoms with E-state index in [0.29, 0.717) is 19.8 Å². The van der Waals surface area contributed by atoms with E-state index < -0.39 is 6.04 Å². The Hall–Kier alpha value is -1.92. The molecule has 19 heavy (non-hydrogen) atoms. The fraction of sp³-hybridized carbons (Fsp3) is 0.385. The molecule has 1 atom stereocenters. The Morgan fingerprint density at radius 1 is 1.21 bits per heavy atom. The monoisotopic (exact) mass is 263 g/mol. The predicted octanol–water partition coefficient (Wildman–Crippen LogP) is 0.255. The normalized spacial score (nSPS) is 18.8. The highest BCUT2D eigenvalue weighted by Gasteiger charge is 2.38. The minimum atomic E-state index is -0.594. The van der Waals surface area contributed by atoms with Crippen molar-refractivity contribution in [1.82, 2.24) is 10.2 Å². The van der Waals surface area contributed by atoms with E-state index in [1.807, 2.05) is 30.3 Å². The van der Waals surface area contributed by atoms with Crippen LogP contribution in [0.25, 0.3) is 0 Å². The first kappa shape index (κ1) is 13.5. The summed E-state index contributed by atoms with van der Waals surface area (Å²) in [7, 11) is 0. The van der Waals surface area contributed by atoms with Gasteiger partial charge in [0.15, 0.2) is 0 Å². The van der Waals surface area contributed by atoms with Crippen LogP contribution >= 0.6 is 0 Å². The van der Waals surface area contributed by atoms with E-state index in [4.69, 9.17) is 10.5 Å². The van der Waals surface area contributed by atoms with Crippen molar-refractivity contribution in [2.24, 2.45) is 5.73 Å². The smallest absolute Gasteiger partial charge is 0.325 e. The number of hydrogen-bond donors (Lipinski definition) is 2. The Balaban J connectivity index is 1.97. The fourth-order valence-electron chi connectivity index (χ4n) is 1.94. The summed E-state index contributed by atoms with van der Waals surface area (Å²) in [6.07, 6.45) is 0. The van der Waals surface area contributed by atoms with Gasteiger partial charge in [-0.25, -0.2) is 4.79 Å².